The molecular formula is C19H22N6O15P3+3. The molecule has 3 unspecified atom stereocenters. The number of fused-ring (bicyclic) bond motifs is 1. The molecule has 21 nitrogen and oxygen atoms in total. The largest absolute Gasteiger partial charge is 0.798 e. The fraction of sp³-hybridized carbons (Fsp3) is 0.526. The second-order valence-corrected chi connectivity index (χ2v) is 12.1. The molecule has 10 atom stereocenters. The average Bonchev–Trinajstić information content (AvgIpc) is 3.63. The topological polar surface area (TPSA) is 286 Å². The third kappa shape index (κ3) is 7.04. The number of hydrogen-bond donors (Lipinski definition) is 5. The molecule has 0 aromatic carbocycles. The molecule has 230 valence electrons. The van der Waals surface area contributed by atoms with E-state index in [1.54, 1.807) is 0 Å². The first-order valence-corrected chi connectivity index (χ1v) is 15.4. The molecule has 3 aromatic heterocycles. The first-order chi connectivity index (χ1) is 20.5. The maximum Gasteiger partial charge on any atom is 0.798 e. The van der Waals surface area contributed by atoms with Gasteiger partial charge in [0.25, 0.3) is 11.1 Å². The first-order valence-electron chi connectivity index (χ1n) is 12.1. The molecule has 43 heavy (non-hydrogen) atoms. The van der Waals surface area contributed by atoms with Gasteiger partial charge in [-0.1, -0.05) is 0 Å². The van der Waals surface area contributed by atoms with Crippen molar-refractivity contribution < 1.29 is 56.2 Å². The molecule has 3 aromatic rings. The highest BCUT2D eigenvalue weighted by molar-refractivity contribution is 7.53. The smallest absolute Gasteiger partial charge is 0.390 e. The number of imidazole rings is 1. The van der Waals surface area contributed by atoms with Crippen LogP contribution in [0.25, 0.3) is 11.2 Å². The monoisotopic (exact) mass is 667 g/mol. The summed E-state index contributed by atoms with van der Waals surface area (Å²) in [4.78, 5) is 47.4. The fourth-order valence-corrected chi connectivity index (χ4v) is 6.45. The van der Waals surface area contributed by atoms with Crippen LogP contribution in [-0.4, -0.2) is 88.1 Å². The number of aliphatic hydroxyl groups is 3. The summed E-state index contributed by atoms with van der Waals surface area (Å²) in [5, 5.41) is 30.7. The van der Waals surface area contributed by atoms with E-state index in [0.29, 0.717) is 0 Å². The molecule has 2 aliphatic heterocycles. The lowest BCUT2D eigenvalue weighted by molar-refractivity contribution is -0.0516. The summed E-state index contributed by atoms with van der Waals surface area (Å²) in [5.41, 5.74) is -1.78. The van der Waals surface area contributed by atoms with Crippen molar-refractivity contribution in [3.8, 4) is 0 Å². The molecule has 5 N–H and O–H groups in total. The molecule has 0 radical (unpaired) electrons. The number of aliphatic hydroxyl groups excluding tert-OH is 3. The molecule has 2 saturated heterocycles. The summed E-state index contributed by atoms with van der Waals surface area (Å²) in [6, 6.07) is 0.994. The van der Waals surface area contributed by atoms with Crippen LogP contribution in [0.2, 0.25) is 0 Å². The van der Waals surface area contributed by atoms with E-state index in [2.05, 4.69) is 23.6 Å². The third-order valence-corrected chi connectivity index (χ3v) is 9.15. The van der Waals surface area contributed by atoms with Crippen LogP contribution in [0.4, 0.5) is 0 Å². The second kappa shape index (κ2) is 13.3. The van der Waals surface area contributed by atoms with E-state index < -0.39 is 97.8 Å². The second-order valence-electron chi connectivity index (χ2n) is 8.98. The van der Waals surface area contributed by atoms with E-state index in [1.165, 1.54) is 17.2 Å². The SMILES string of the molecule is O=c1ccn([C@@H]2O[C@H](CO[P+](=O)O[P+](=O)O[P+](=O)OC[C@@H]3O[C@H](n4cnc5c(=O)[nH]cnc54)C[C@H]3O)[C@@H](O)[C@H]2O)c(=O)[nH]1. The Bertz CT molecular complexity index is 1710. The van der Waals surface area contributed by atoms with Gasteiger partial charge in [-0.25, -0.2) is 14.8 Å². The Morgan fingerprint density at radius 3 is 2.33 bits per heavy atom. The molecule has 0 spiro atoms. The number of aromatic nitrogens is 6. The van der Waals surface area contributed by atoms with E-state index in [-0.39, 0.29) is 17.6 Å². The number of aromatic amines is 2. The zero-order valence-electron chi connectivity index (χ0n) is 21.3. The van der Waals surface area contributed by atoms with E-state index in [9.17, 15) is 43.4 Å². The van der Waals surface area contributed by atoms with Crippen molar-refractivity contribution >= 4 is 35.9 Å². The Morgan fingerprint density at radius 2 is 1.63 bits per heavy atom. The maximum absolute atomic E-state index is 12.1. The Kier molecular flexibility index (Phi) is 9.72. The van der Waals surface area contributed by atoms with Gasteiger partial charge in [-0.2, -0.15) is 0 Å². The minimum absolute atomic E-state index is 0.0551. The predicted molar refractivity (Wildman–Crippen MR) is 137 cm³/mol. The summed E-state index contributed by atoms with van der Waals surface area (Å²) in [5.74, 6) is 0. The maximum atomic E-state index is 12.1. The molecule has 24 heteroatoms. The van der Waals surface area contributed by atoms with Crippen molar-refractivity contribution in [1.29, 1.82) is 0 Å². The van der Waals surface area contributed by atoms with Crippen molar-refractivity contribution in [2.24, 2.45) is 0 Å². The van der Waals surface area contributed by atoms with Gasteiger partial charge in [0.15, 0.2) is 26.0 Å². The van der Waals surface area contributed by atoms with Gasteiger partial charge in [0.2, 0.25) is 0 Å². The Hall–Kier alpha value is -3.03. The van der Waals surface area contributed by atoms with Gasteiger partial charge in [-0.05, 0) is 0 Å². The van der Waals surface area contributed by atoms with E-state index in [4.69, 9.17) is 18.5 Å². The van der Waals surface area contributed by atoms with Crippen LogP contribution in [0.5, 0.6) is 0 Å². The zero-order valence-corrected chi connectivity index (χ0v) is 24.0. The number of H-pyrrole nitrogens is 2. The minimum Gasteiger partial charge on any atom is -0.390 e. The summed E-state index contributed by atoms with van der Waals surface area (Å²) in [7, 11) is -9.60. The van der Waals surface area contributed by atoms with E-state index >= 15 is 0 Å². The van der Waals surface area contributed by atoms with Gasteiger partial charge in [-0.3, -0.25) is 23.7 Å². The highest BCUT2D eigenvalue weighted by atomic mass is 31.2. The van der Waals surface area contributed by atoms with Gasteiger partial charge in [0.1, 0.15) is 43.9 Å². The lowest BCUT2D eigenvalue weighted by Crippen LogP contribution is -2.37. The van der Waals surface area contributed by atoms with Crippen LogP contribution in [0.15, 0.2) is 39.3 Å². The quantitative estimate of drug-likeness (QED) is 0.144. The third-order valence-electron chi connectivity index (χ3n) is 6.30. The van der Waals surface area contributed by atoms with Crippen molar-refractivity contribution in [3.05, 3.63) is 56.1 Å². The van der Waals surface area contributed by atoms with Gasteiger partial charge in [0.05, 0.1) is 18.8 Å². The van der Waals surface area contributed by atoms with Crippen molar-refractivity contribution in [2.45, 2.75) is 49.4 Å². The normalized spacial score (nSPS) is 28.3. The molecular weight excluding hydrogens is 645 g/mol. The van der Waals surface area contributed by atoms with Crippen LogP contribution in [0.1, 0.15) is 18.9 Å². The first kappa shape index (κ1) is 31.4. The Balaban J connectivity index is 1.05. The number of ether oxygens (including phenoxy) is 2. The molecule has 0 aliphatic carbocycles. The average molecular weight is 667 g/mol. The molecule has 0 saturated carbocycles. The summed E-state index contributed by atoms with van der Waals surface area (Å²) >= 11 is 0. The molecule has 5 heterocycles. The van der Waals surface area contributed by atoms with Crippen molar-refractivity contribution in [2.75, 3.05) is 13.2 Å². The van der Waals surface area contributed by atoms with Gasteiger partial charge in [-0.15, -0.1) is 9.05 Å². The van der Waals surface area contributed by atoms with Crippen LogP contribution in [0.3, 0.4) is 0 Å². The van der Waals surface area contributed by atoms with Crippen LogP contribution in [0, 0.1) is 0 Å². The standard InChI is InChI=1S/C19H20N6O15P3/c26-8-3-12(25-7-22-13-16(25)20-6-21-17(13)30)37-9(8)4-35-41(32)39-43(34)40-42(33)36-5-10-14(28)15(29)18(38-10)24-2-1-11(27)23-19(24)31/h1-2,6-10,12,14-15,18,26,28-29H,3-5H2/q+1/p+2/t8-,9+,10-,12+,14-,15-,18-/m1/s1. The van der Waals surface area contributed by atoms with Crippen molar-refractivity contribution in [1.82, 2.24) is 29.1 Å². The summed E-state index contributed by atoms with van der Waals surface area (Å²) in [6.45, 7) is -1.14. The lowest BCUT2D eigenvalue weighted by Gasteiger charge is -2.16. The van der Waals surface area contributed by atoms with E-state index in [0.717, 1.165) is 16.8 Å². The number of hydrogen-bond acceptors (Lipinski definition) is 17. The predicted octanol–water partition coefficient (Wildman–Crippen LogP) is -1.02. The Morgan fingerprint density at radius 1 is 0.930 bits per heavy atom. The highest BCUT2D eigenvalue weighted by Crippen LogP contribution is 2.47. The lowest BCUT2D eigenvalue weighted by atomic mass is 10.1. The molecule has 2 fully saturated rings. The van der Waals surface area contributed by atoms with Gasteiger partial charge in [0, 0.05) is 32.4 Å². The number of nitrogens with one attached hydrogen (secondary N) is 2. The highest BCUT2D eigenvalue weighted by Gasteiger charge is 2.52. The Labute approximate surface area is 240 Å². The van der Waals surface area contributed by atoms with Crippen LogP contribution >= 0.6 is 24.8 Å². The number of rotatable bonds is 12. The van der Waals surface area contributed by atoms with E-state index in [1.807, 2.05) is 4.98 Å². The molecule has 5 rings (SSSR count). The summed E-state index contributed by atoms with van der Waals surface area (Å²) < 4.78 is 68.1. The van der Waals surface area contributed by atoms with Crippen LogP contribution in [-0.2, 0) is 40.8 Å². The fourth-order valence-electron chi connectivity index (χ4n) is 4.27. The minimum atomic E-state index is -3.31. The van der Waals surface area contributed by atoms with Crippen LogP contribution < -0.4 is 16.8 Å². The summed E-state index contributed by atoms with van der Waals surface area (Å²) in [6.07, 6.45) is -5.25. The van der Waals surface area contributed by atoms with Gasteiger partial charge < -0.3 is 29.8 Å². The van der Waals surface area contributed by atoms with Crippen molar-refractivity contribution in [3.63, 3.8) is 0 Å². The molecule has 0 bridgehead atoms. The molecule has 2 aliphatic rings. The van der Waals surface area contributed by atoms with Gasteiger partial charge >= 0.3 is 30.5 Å². The molecule has 0 amide bonds. The zero-order chi connectivity index (χ0) is 30.8. The number of nitrogens with zero attached hydrogens (tertiary/aromatic N) is 4.